The first-order chi connectivity index (χ1) is 15.0. The fourth-order valence-corrected chi connectivity index (χ4v) is 4.59. The summed E-state index contributed by atoms with van der Waals surface area (Å²) in [6.45, 7) is 1.46. The van der Waals surface area contributed by atoms with E-state index in [4.69, 9.17) is 21.1 Å². The third-order valence-electron chi connectivity index (χ3n) is 6.11. The number of carbonyl (C=O) groups is 2. The van der Waals surface area contributed by atoms with Crippen molar-refractivity contribution in [3.8, 4) is 11.5 Å². The first kappa shape index (κ1) is 21.5. The van der Waals surface area contributed by atoms with Crippen LogP contribution in [0.1, 0.15) is 36.8 Å². The van der Waals surface area contributed by atoms with E-state index in [2.05, 4.69) is 5.32 Å². The minimum Gasteiger partial charge on any atom is -0.497 e. The first-order valence-electron chi connectivity index (χ1n) is 10.6. The number of rotatable bonds is 6. The van der Waals surface area contributed by atoms with Crippen molar-refractivity contribution in [3.05, 3.63) is 58.6 Å². The van der Waals surface area contributed by atoms with Gasteiger partial charge in [0.2, 0.25) is 11.8 Å². The maximum absolute atomic E-state index is 13.1. The number of hydrogen-bond acceptors (Lipinski definition) is 4. The van der Waals surface area contributed by atoms with Crippen LogP contribution in [0.5, 0.6) is 11.5 Å². The number of benzene rings is 2. The summed E-state index contributed by atoms with van der Waals surface area (Å²) in [6, 6.07) is 13.4. The minimum absolute atomic E-state index is 0.0488. The zero-order valence-corrected chi connectivity index (χ0v) is 18.4. The average molecular weight is 443 g/mol. The fourth-order valence-electron chi connectivity index (χ4n) is 4.40. The SMILES string of the molecule is COc1ccc(CC2(CCC(=O)N3CCOc4ccc(Cl)cc4C3)CCC(=O)N2)cc1. The van der Waals surface area contributed by atoms with Gasteiger partial charge in [-0.15, -0.1) is 0 Å². The van der Waals surface area contributed by atoms with Gasteiger partial charge in [0, 0.05) is 35.5 Å². The lowest BCUT2D eigenvalue weighted by Gasteiger charge is -2.30. The molecule has 0 radical (unpaired) electrons. The average Bonchev–Trinajstić information content (AvgIpc) is 3.00. The number of nitrogens with one attached hydrogen (secondary N) is 1. The van der Waals surface area contributed by atoms with Crippen LogP contribution in [0.15, 0.2) is 42.5 Å². The topological polar surface area (TPSA) is 67.9 Å². The Morgan fingerprint density at radius 3 is 2.77 bits per heavy atom. The third kappa shape index (κ3) is 5.13. The lowest BCUT2D eigenvalue weighted by atomic mass is 9.85. The molecule has 0 spiro atoms. The highest BCUT2D eigenvalue weighted by molar-refractivity contribution is 6.30. The molecule has 31 heavy (non-hydrogen) atoms. The zero-order valence-electron chi connectivity index (χ0n) is 17.7. The van der Waals surface area contributed by atoms with Gasteiger partial charge < -0.3 is 19.7 Å². The smallest absolute Gasteiger partial charge is 0.223 e. The van der Waals surface area contributed by atoms with Crippen molar-refractivity contribution >= 4 is 23.4 Å². The molecule has 0 bridgehead atoms. The van der Waals surface area contributed by atoms with E-state index in [9.17, 15) is 9.59 Å². The number of methoxy groups -OCH3 is 1. The quantitative estimate of drug-likeness (QED) is 0.740. The molecule has 6 nitrogen and oxygen atoms in total. The van der Waals surface area contributed by atoms with Crippen molar-refractivity contribution in [2.45, 2.75) is 44.2 Å². The summed E-state index contributed by atoms with van der Waals surface area (Å²) in [5.74, 6) is 1.69. The van der Waals surface area contributed by atoms with Gasteiger partial charge in [0.1, 0.15) is 18.1 Å². The summed E-state index contributed by atoms with van der Waals surface area (Å²) in [6.07, 6.45) is 2.88. The van der Waals surface area contributed by atoms with Gasteiger partial charge >= 0.3 is 0 Å². The predicted octanol–water partition coefficient (Wildman–Crippen LogP) is 3.74. The molecule has 7 heteroatoms. The Morgan fingerprint density at radius 2 is 2.06 bits per heavy atom. The van der Waals surface area contributed by atoms with E-state index in [-0.39, 0.29) is 11.8 Å². The Morgan fingerprint density at radius 1 is 1.26 bits per heavy atom. The molecule has 2 aromatic carbocycles. The number of ether oxygens (including phenoxy) is 2. The lowest BCUT2D eigenvalue weighted by molar-refractivity contribution is -0.132. The molecule has 0 aliphatic carbocycles. The molecule has 1 N–H and O–H groups in total. The normalized spacial score (nSPS) is 20.5. The molecule has 2 aliphatic heterocycles. The van der Waals surface area contributed by atoms with Gasteiger partial charge in [0.15, 0.2) is 0 Å². The second-order valence-electron chi connectivity index (χ2n) is 8.27. The van der Waals surface area contributed by atoms with Gasteiger partial charge in [-0.25, -0.2) is 0 Å². The predicted molar refractivity (Wildman–Crippen MR) is 118 cm³/mol. The van der Waals surface area contributed by atoms with Crippen molar-refractivity contribution in [2.75, 3.05) is 20.3 Å². The number of carbonyl (C=O) groups excluding carboxylic acids is 2. The molecule has 1 saturated heterocycles. The van der Waals surface area contributed by atoms with Crippen LogP contribution < -0.4 is 14.8 Å². The Kier molecular flexibility index (Phi) is 6.37. The van der Waals surface area contributed by atoms with E-state index < -0.39 is 5.54 Å². The van der Waals surface area contributed by atoms with E-state index >= 15 is 0 Å². The summed E-state index contributed by atoms with van der Waals surface area (Å²) in [7, 11) is 1.64. The van der Waals surface area contributed by atoms with Gasteiger partial charge in [0.05, 0.1) is 13.7 Å². The van der Waals surface area contributed by atoms with E-state index in [1.165, 1.54) is 0 Å². The van der Waals surface area contributed by atoms with Crippen molar-refractivity contribution < 1.29 is 19.1 Å². The number of halogens is 1. The van der Waals surface area contributed by atoms with Gasteiger partial charge in [-0.3, -0.25) is 9.59 Å². The van der Waals surface area contributed by atoms with Crippen LogP contribution in [-0.2, 0) is 22.6 Å². The molecule has 164 valence electrons. The van der Waals surface area contributed by atoms with Crippen molar-refractivity contribution in [1.29, 1.82) is 0 Å². The van der Waals surface area contributed by atoms with Gasteiger partial charge in [-0.05, 0) is 55.2 Å². The highest BCUT2D eigenvalue weighted by Crippen LogP contribution is 2.31. The van der Waals surface area contributed by atoms with Gasteiger partial charge in [-0.1, -0.05) is 23.7 Å². The largest absolute Gasteiger partial charge is 0.497 e. The van der Waals surface area contributed by atoms with Crippen LogP contribution in [0, 0.1) is 0 Å². The molecular formula is C24H27ClN2O4. The molecule has 4 rings (SSSR count). The molecule has 2 aliphatic rings. The molecular weight excluding hydrogens is 416 g/mol. The number of amides is 2. The Balaban J connectivity index is 1.43. The highest BCUT2D eigenvalue weighted by atomic mass is 35.5. The van der Waals surface area contributed by atoms with Crippen LogP contribution in [0.4, 0.5) is 0 Å². The Hall–Kier alpha value is -2.73. The van der Waals surface area contributed by atoms with Crippen molar-refractivity contribution in [1.82, 2.24) is 10.2 Å². The summed E-state index contributed by atoms with van der Waals surface area (Å²) in [5, 5.41) is 3.78. The van der Waals surface area contributed by atoms with Crippen LogP contribution in [0.2, 0.25) is 5.02 Å². The maximum Gasteiger partial charge on any atom is 0.223 e. The van der Waals surface area contributed by atoms with Crippen molar-refractivity contribution in [3.63, 3.8) is 0 Å². The molecule has 0 aromatic heterocycles. The van der Waals surface area contributed by atoms with E-state index in [1.54, 1.807) is 13.2 Å². The van der Waals surface area contributed by atoms with E-state index in [0.29, 0.717) is 50.4 Å². The number of fused-ring (bicyclic) bond motifs is 1. The zero-order chi connectivity index (χ0) is 21.8. The number of hydrogen-bond donors (Lipinski definition) is 1. The molecule has 2 heterocycles. The highest BCUT2D eigenvalue weighted by Gasteiger charge is 2.38. The monoisotopic (exact) mass is 442 g/mol. The second-order valence-corrected chi connectivity index (χ2v) is 8.71. The summed E-state index contributed by atoms with van der Waals surface area (Å²) < 4.78 is 11.0. The van der Waals surface area contributed by atoms with Crippen molar-refractivity contribution in [2.24, 2.45) is 0 Å². The lowest BCUT2D eigenvalue weighted by Crippen LogP contribution is -2.45. The first-order valence-corrected chi connectivity index (χ1v) is 11.0. The Labute approximate surface area is 187 Å². The van der Waals surface area contributed by atoms with Crippen LogP contribution in [0.3, 0.4) is 0 Å². The fraction of sp³-hybridized carbons (Fsp3) is 0.417. The standard InChI is InChI=1S/C24H27ClN2O4/c1-30-20-5-2-17(3-6-20)15-24(10-8-22(28)26-24)11-9-23(29)27-12-13-31-21-7-4-19(25)14-18(21)16-27/h2-7,14H,8-13,15-16H2,1H3,(H,26,28). The molecule has 2 aromatic rings. The third-order valence-corrected chi connectivity index (χ3v) is 6.34. The molecule has 1 unspecified atom stereocenters. The number of nitrogens with zero attached hydrogens (tertiary/aromatic N) is 1. The molecule has 2 amide bonds. The van der Waals surface area contributed by atoms with Crippen LogP contribution >= 0.6 is 11.6 Å². The second kappa shape index (κ2) is 9.18. The molecule has 1 fully saturated rings. The van der Waals surface area contributed by atoms with Gasteiger partial charge in [0.25, 0.3) is 0 Å². The molecule has 0 saturated carbocycles. The summed E-state index contributed by atoms with van der Waals surface area (Å²) in [5.41, 5.74) is 1.63. The maximum atomic E-state index is 13.1. The summed E-state index contributed by atoms with van der Waals surface area (Å²) >= 11 is 6.13. The summed E-state index contributed by atoms with van der Waals surface area (Å²) in [4.78, 5) is 26.9. The van der Waals surface area contributed by atoms with Crippen LogP contribution in [0.25, 0.3) is 0 Å². The molecule has 1 atom stereocenters. The van der Waals surface area contributed by atoms with E-state index in [1.807, 2.05) is 41.3 Å². The minimum atomic E-state index is -0.398. The van der Waals surface area contributed by atoms with Gasteiger partial charge in [-0.2, -0.15) is 0 Å². The Bertz CT molecular complexity index is 963. The van der Waals surface area contributed by atoms with E-state index in [0.717, 1.165) is 29.0 Å². The van der Waals surface area contributed by atoms with Crippen LogP contribution in [-0.4, -0.2) is 42.5 Å².